The molecule has 0 spiro atoms. The highest BCUT2D eigenvalue weighted by Crippen LogP contribution is 2.18. The molecule has 0 unspecified atom stereocenters. The Hall–Kier alpha value is -1.81. The van der Waals surface area contributed by atoms with E-state index in [-0.39, 0.29) is 4.90 Å². The van der Waals surface area contributed by atoms with Gasteiger partial charge in [0.05, 0.1) is 4.90 Å². The van der Waals surface area contributed by atoms with Gasteiger partial charge in [-0.15, -0.1) is 0 Å². The maximum atomic E-state index is 12.2. The van der Waals surface area contributed by atoms with Gasteiger partial charge >= 0.3 is 0 Å². The number of anilines is 1. The van der Waals surface area contributed by atoms with E-state index in [1.807, 2.05) is 38.1 Å². The maximum Gasteiger partial charge on any atom is 0.261 e. The van der Waals surface area contributed by atoms with Crippen LogP contribution in [0.3, 0.4) is 0 Å². The molecule has 4 heteroatoms. The van der Waals surface area contributed by atoms with E-state index in [1.54, 1.807) is 24.3 Å². The van der Waals surface area contributed by atoms with E-state index >= 15 is 0 Å². The van der Waals surface area contributed by atoms with Crippen LogP contribution in [0.1, 0.15) is 18.1 Å². The Balaban J connectivity index is 2.31. The van der Waals surface area contributed by atoms with Crippen molar-refractivity contribution in [2.24, 2.45) is 0 Å². The number of hydrogen-bond donors (Lipinski definition) is 1. The Morgan fingerprint density at radius 1 is 1.05 bits per heavy atom. The molecular weight excluding hydrogens is 258 g/mol. The quantitative estimate of drug-likeness (QED) is 0.930. The van der Waals surface area contributed by atoms with Gasteiger partial charge in [-0.2, -0.15) is 0 Å². The minimum absolute atomic E-state index is 0.286. The highest BCUT2D eigenvalue weighted by atomic mass is 32.2. The molecule has 3 nitrogen and oxygen atoms in total. The Labute approximate surface area is 114 Å². The van der Waals surface area contributed by atoms with Crippen LogP contribution in [0.4, 0.5) is 5.69 Å². The number of hydrogen-bond acceptors (Lipinski definition) is 2. The van der Waals surface area contributed by atoms with E-state index < -0.39 is 10.0 Å². The second-order valence-electron chi connectivity index (χ2n) is 4.48. The van der Waals surface area contributed by atoms with Gasteiger partial charge in [-0.1, -0.05) is 31.2 Å². The van der Waals surface area contributed by atoms with Gasteiger partial charge < -0.3 is 0 Å². The highest BCUT2D eigenvalue weighted by Gasteiger charge is 2.13. The normalized spacial score (nSPS) is 11.3. The van der Waals surface area contributed by atoms with Crippen LogP contribution in [0, 0.1) is 6.92 Å². The molecule has 0 aliphatic rings. The maximum absolute atomic E-state index is 12.2. The number of sulfonamides is 1. The van der Waals surface area contributed by atoms with E-state index in [4.69, 9.17) is 0 Å². The third-order valence-corrected chi connectivity index (χ3v) is 4.27. The molecule has 0 saturated carbocycles. The topological polar surface area (TPSA) is 46.2 Å². The smallest absolute Gasteiger partial charge is 0.261 e. The molecule has 19 heavy (non-hydrogen) atoms. The third-order valence-electron chi connectivity index (χ3n) is 2.89. The molecule has 0 amide bonds. The van der Waals surface area contributed by atoms with Crippen LogP contribution in [0.5, 0.6) is 0 Å². The predicted octanol–water partition coefficient (Wildman–Crippen LogP) is 3.36. The van der Waals surface area contributed by atoms with Gasteiger partial charge in [0.25, 0.3) is 10.0 Å². The van der Waals surface area contributed by atoms with Crippen molar-refractivity contribution in [3.63, 3.8) is 0 Å². The van der Waals surface area contributed by atoms with Crippen molar-refractivity contribution in [2.75, 3.05) is 4.72 Å². The molecule has 0 atom stereocenters. The summed E-state index contributed by atoms with van der Waals surface area (Å²) in [4.78, 5) is 0.286. The molecule has 0 fully saturated rings. The van der Waals surface area contributed by atoms with Gasteiger partial charge in [0.1, 0.15) is 0 Å². The summed E-state index contributed by atoms with van der Waals surface area (Å²) in [7, 11) is -3.51. The van der Waals surface area contributed by atoms with Crippen LogP contribution in [0.2, 0.25) is 0 Å². The molecule has 0 heterocycles. The van der Waals surface area contributed by atoms with Gasteiger partial charge in [0, 0.05) is 5.69 Å². The zero-order chi connectivity index (χ0) is 13.9. The summed E-state index contributed by atoms with van der Waals surface area (Å²) in [5, 5.41) is 0. The van der Waals surface area contributed by atoms with E-state index in [9.17, 15) is 8.42 Å². The fourth-order valence-corrected chi connectivity index (χ4v) is 3.01. The Bertz CT molecular complexity index is 678. The van der Waals surface area contributed by atoms with Crippen LogP contribution in [0.15, 0.2) is 53.4 Å². The van der Waals surface area contributed by atoms with Gasteiger partial charge in [-0.25, -0.2) is 8.42 Å². The second kappa shape index (κ2) is 5.45. The molecule has 0 aliphatic heterocycles. The number of aryl methyl sites for hydroxylation is 2. The fourth-order valence-electron chi connectivity index (χ4n) is 1.85. The summed E-state index contributed by atoms with van der Waals surface area (Å²) in [6.07, 6.45) is 0.875. The van der Waals surface area contributed by atoms with Crippen molar-refractivity contribution >= 4 is 15.7 Å². The van der Waals surface area contributed by atoms with Crippen molar-refractivity contribution in [1.82, 2.24) is 0 Å². The largest absolute Gasteiger partial charge is 0.280 e. The van der Waals surface area contributed by atoms with Crippen molar-refractivity contribution < 1.29 is 8.42 Å². The zero-order valence-corrected chi connectivity index (χ0v) is 11.9. The molecule has 0 saturated heterocycles. The molecule has 2 aromatic carbocycles. The molecule has 2 aromatic rings. The monoisotopic (exact) mass is 275 g/mol. The Kier molecular flexibility index (Phi) is 3.90. The van der Waals surface area contributed by atoms with Crippen molar-refractivity contribution in [3.8, 4) is 0 Å². The van der Waals surface area contributed by atoms with Gasteiger partial charge in [0.2, 0.25) is 0 Å². The lowest BCUT2D eigenvalue weighted by atomic mass is 10.1. The van der Waals surface area contributed by atoms with Crippen molar-refractivity contribution in [1.29, 1.82) is 0 Å². The third kappa shape index (κ3) is 3.35. The lowest BCUT2D eigenvalue weighted by Gasteiger charge is -2.09. The summed E-state index contributed by atoms with van der Waals surface area (Å²) >= 11 is 0. The Morgan fingerprint density at radius 3 is 2.47 bits per heavy atom. The summed E-state index contributed by atoms with van der Waals surface area (Å²) in [5.74, 6) is 0. The first-order valence-electron chi connectivity index (χ1n) is 6.19. The van der Waals surface area contributed by atoms with Gasteiger partial charge in [0.15, 0.2) is 0 Å². The van der Waals surface area contributed by atoms with Crippen LogP contribution in [-0.4, -0.2) is 8.42 Å². The molecule has 2 rings (SSSR count). The fraction of sp³-hybridized carbons (Fsp3) is 0.200. The van der Waals surface area contributed by atoms with Gasteiger partial charge in [-0.3, -0.25) is 4.72 Å². The standard InChI is InChI=1S/C15H17NO2S/c1-3-13-7-5-8-14(11-13)16-19(17,18)15-9-4-6-12(2)10-15/h4-11,16H,3H2,1-2H3. The first kappa shape index (κ1) is 13.6. The molecule has 0 bridgehead atoms. The van der Waals surface area contributed by atoms with Crippen LogP contribution in [0.25, 0.3) is 0 Å². The molecule has 0 aromatic heterocycles. The number of benzene rings is 2. The minimum Gasteiger partial charge on any atom is -0.280 e. The van der Waals surface area contributed by atoms with Crippen LogP contribution >= 0.6 is 0 Å². The SMILES string of the molecule is CCc1cccc(NS(=O)(=O)c2cccc(C)c2)c1. The molecule has 1 N–H and O–H groups in total. The zero-order valence-electron chi connectivity index (χ0n) is 11.1. The predicted molar refractivity (Wildman–Crippen MR) is 77.8 cm³/mol. The number of rotatable bonds is 4. The van der Waals surface area contributed by atoms with E-state index in [0.717, 1.165) is 17.5 Å². The summed E-state index contributed by atoms with van der Waals surface area (Å²) in [6.45, 7) is 3.91. The highest BCUT2D eigenvalue weighted by molar-refractivity contribution is 7.92. The average Bonchev–Trinajstić information content (AvgIpc) is 2.38. The minimum atomic E-state index is -3.51. The number of nitrogens with one attached hydrogen (secondary N) is 1. The summed E-state index contributed by atoms with van der Waals surface area (Å²) in [5.41, 5.74) is 2.62. The van der Waals surface area contributed by atoms with Crippen molar-refractivity contribution in [3.05, 3.63) is 59.7 Å². The van der Waals surface area contributed by atoms with Gasteiger partial charge in [-0.05, 0) is 48.7 Å². The lowest BCUT2D eigenvalue weighted by Crippen LogP contribution is -2.13. The Morgan fingerprint density at radius 2 is 1.79 bits per heavy atom. The molecule has 0 radical (unpaired) electrons. The molecule has 100 valence electrons. The lowest BCUT2D eigenvalue weighted by molar-refractivity contribution is 0.601. The van der Waals surface area contributed by atoms with Crippen molar-refractivity contribution in [2.45, 2.75) is 25.2 Å². The van der Waals surface area contributed by atoms with Crippen LogP contribution in [-0.2, 0) is 16.4 Å². The van der Waals surface area contributed by atoms with Crippen LogP contribution < -0.4 is 4.72 Å². The second-order valence-corrected chi connectivity index (χ2v) is 6.16. The van der Waals surface area contributed by atoms with E-state index in [0.29, 0.717) is 5.69 Å². The molecular formula is C15H17NO2S. The first-order chi connectivity index (χ1) is 9.01. The summed E-state index contributed by atoms with van der Waals surface area (Å²) < 4.78 is 27.1. The summed E-state index contributed by atoms with van der Waals surface area (Å²) in [6, 6.07) is 14.3. The van der Waals surface area contributed by atoms with E-state index in [2.05, 4.69) is 4.72 Å². The first-order valence-corrected chi connectivity index (χ1v) is 7.68. The molecule has 0 aliphatic carbocycles. The van der Waals surface area contributed by atoms with E-state index in [1.165, 1.54) is 0 Å². The average molecular weight is 275 g/mol.